The van der Waals surface area contributed by atoms with Crippen LogP contribution in [-0.4, -0.2) is 51.8 Å². The van der Waals surface area contributed by atoms with Gasteiger partial charge in [-0.2, -0.15) is 5.10 Å². The maximum Gasteiger partial charge on any atom is 0.274 e. The molecular formula is C18H26ClN5OS. The van der Waals surface area contributed by atoms with Gasteiger partial charge in [-0.15, -0.1) is 23.7 Å². The van der Waals surface area contributed by atoms with Crippen molar-refractivity contribution in [2.75, 3.05) is 26.2 Å². The van der Waals surface area contributed by atoms with Gasteiger partial charge in [-0.05, 0) is 45.2 Å². The molecule has 6 nitrogen and oxygen atoms in total. The monoisotopic (exact) mass is 395 g/mol. The summed E-state index contributed by atoms with van der Waals surface area (Å²) in [7, 11) is 0. The second-order valence-electron chi connectivity index (χ2n) is 7.10. The van der Waals surface area contributed by atoms with Gasteiger partial charge in [0.2, 0.25) is 0 Å². The fourth-order valence-electron chi connectivity index (χ4n) is 3.80. The molecule has 26 heavy (non-hydrogen) atoms. The number of carbonyl (C=O) groups is 1. The highest BCUT2D eigenvalue weighted by atomic mass is 35.5. The number of thiazole rings is 1. The van der Waals surface area contributed by atoms with E-state index in [0.29, 0.717) is 17.7 Å². The van der Waals surface area contributed by atoms with Gasteiger partial charge in [0.05, 0.1) is 11.0 Å². The Morgan fingerprint density at radius 3 is 2.96 bits per heavy atom. The van der Waals surface area contributed by atoms with Crippen LogP contribution in [0, 0.1) is 6.92 Å². The molecule has 2 aromatic rings. The molecule has 1 N–H and O–H groups in total. The van der Waals surface area contributed by atoms with E-state index in [1.807, 2.05) is 28.8 Å². The Balaban J connectivity index is 0.00000196. The van der Waals surface area contributed by atoms with Gasteiger partial charge < -0.3 is 10.2 Å². The van der Waals surface area contributed by atoms with Crippen LogP contribution in [0.4, 0.5) is 0 Å². The first-order valence-corrected chi connectivity index (χ1v) is 10.1. The lowest BCUT2D eigenvalue weighted by Crippen LogP contribution is -2.39. The molecule has 2 aromatic heterocycles. The van der Waals surface area contributed by atoms with E-state index in [2.05, 4.69) is 20.8 Å². The summed E-state index contributed by atoms with van der Waals surface area (Å²) < 4.78 is 1.96. The number of likely N-dealkylation sites (tertiary alicyclic amines) is 1. The van der Waals surface area contributed by atoms with E-state index in [9.17, 15) is 4.79 Å². The van der Waals surface area contributed by atoms with Crippen molar-refractivity contribution in [3.8, 4) is 0 Å². The van der Waals surface area contributed by atoms with Crippen LogP contribution in [0.5, 0.6) is 0 Å². The van der Waals surface area contributed by atoms with Crippen molar-refractivity contribution in [2.24, 2.45) is 0 Å². The molecule has 2 atom stereocenters. The molecule has 0 aromatic carbocycles. The van der Waals surface area contributed by atoms with Crippen molar-refractivity contribution in [2.45, 2.75) is 44.6 Å². The summed E-state index contributed by atoms with van der Waals surface area (Å²) in [6.07, 6.45) is 6.38. The summed E-state index contributed by atoms with van der Waals surface area (Å²) in [5.41, 5.74) is 1.64. The van der Waals surface area contributed by atoms with Gasteiger partial charge in [-0.3, -0.25) is 9.48 Å². The molecule has 2 aliphatic heterocycles. The minimum atomic E-state index is 0. The van der Waals surface area contributed by atoms with Gasteiger partial charge in [-0.1, -0.05) is 0 Å². The molecule has 4 rings (SSSR count). The molecule has 2 unspecified atom stereocenters. The zero-order valence-corrected chi connectivity index (χ0v) is 16.7. The normalized spacial score (nSPS) is 23.5. The summed E-state index contributed by atoms with van der Waals surface area (Å²) >= 11 is 1.71. The van der Waals surface area contributed by atoms with Gasteiger partial charge in [0.25, 0.3) is 5.91 Å². The summed E-state index contributed by atoms with van der Waals surface area (Å²) in [6, 6.07) is 2.23. The molecule has 1 amide bonds. The first-order chi connectivity index (χ1) is 12.2. The topological polar surface area (TPSA) is 63.1 Å². The van der Waals surface area contributed by atoms with Crippen LogP contribution >= 0.6 is 23.7 Å². The highest BCUT2D eigenvalue weighted by molar-refractivity contribution is 7.09. The highest BCUT2D eigenvalue weighted by Crippen LogP contribution is 2.29. The predicted octanol–water partition coefficient (Wildman–Crippen LogP) is 3.01. The standard InChI is InChI=1S/C18H25N5OS.ClH/c1-13-12-25-17(20-13)14-4-3-8-22(11-14)18(24)16-6-9-23(21-16)15-5-2-7-19-10-15;/h6,9,12,14-15,19H,2-5,7-8,10-11H2,1H3;1H. The average Bonchev–Trinajstić information content (AvgIpc) is 3.31. The Kier molecular flexibility index (Phi) is 6.32. The molecule has 2 saturated heterocycles. The summed E-state index contributed by atoms with van der Waals surface area (Å²) in [5, 5.41) is 11.2. The number of halogens is 1. The quantitative estimate of drug-likeness (QED) is 0.867. The van der Waals surface area contributed by atoms with Crippen LogP contribution in [0.2, 0.25) is 0 Å². The molecule has 2 aliphatic rings. The Bertz CT molecular complexity index is 740. The first kappa shape index (κ1) is 19.3. The van der Waals surface area contributed by atoms with Crippen molar-refractivity contribution in [1.82, 2.24) is 25.0 Å². The zero-order chi connectivity index (χ0) is 17.2. The van der Waals surface area contributed by atoms with Gasteiger partial charge in [0.15, 0.2) is 0 Å². The lowest BCUT2D eigenvalue weighted by molar-refractivity contribution is 0.0699. The smallest absolute Gasteiger partial charge is 0.274 e. The van der Waals surface area contributed by atoms with Crippen molar-refractivity contribution in [3.05, 3.63) is 34.0 Å². The predicted molar refractivity (Wildman–Crippen MR) is 105 cm³/mol. The molecule has 0 bridgehead atoms. The third kappa shape index (κ3) is 4.10. The van der Waals surface area contributed by atoms with Crippen LogP contribution in [-0.2, 0) is 0 Å². The number of aromatic nitrogens is 3. The average molecular weight is 396 g/mol. The highest BCUT2D eigenvalue weighted by Gasteiger charge is 2.28. The number of piperidine rings is 2. The van der Waals surface area contributed by atoms with Crippen LogP contribution in [0.15, 0.2) is 17.6 Å². The van der Waals surface area contributed by atoms with E-state index >= 15 is 0 Å². The number of hydrogen-bond donors (Lipinski definition) is 1. The van der Waals surface area contributed by atoms with E-state index in [1.54, 1.807) is 11.3 Å². The zero-order valence-electron chi connectivity index (χ0n) is 15.1. The fraction of sp³-hybridized carbons (Fsp3) is 0.611. The van der Waals surface area contributed by atoms with Crippen LogP contribution in [0.3, 0.4) is 0 Å². The lowest BCUT2D eigenvalue weighted by atomic mass is 9.98. The van der Waals surface area contributed by atoms with Crippen molar-refractivity contribution in [3.63, 3.8) is 0 Å². The molecule has 0 saturated carbocycles. The third-order valence-electron chi connectivity index (χ3n) is 5.17. The van der Waals surface area contributed by atoms with Gasteiger partial charge >= 0.3 is 0 Å². The van der Waals surface area contributed by atoms with E-state index in [0.717, 1.165) is 62.6 Å². The van der Waals surface area contributed by atoms with Crippen molar-refractivity contribution >= 4 is 29.7 Å². The molecule has 142 valence electrons. The number of aryl methyl sites for hydroxylation is 1. The number of nitrogens with zero attached hydrogens (tertiary/aromatic N) is 4. The Hall–Kier alpha value is -1.44. The van der Waals surface area contributed by atoms with Gasteiger partial charge in [0.1, 0.15) is 5.69 Å². The molecule has 4 heterocycles. The Labute approximate surface area is 164 Å². The van der Waals surface area contributed by atoms with Crippen LogP contribution in [0.25, 0.3) is 0 Å². The van der Waals surface area contributed by atoms with E-state index < -0.39 is 0 Å². The molecule has 0 aliphatic carbocycles. The summed E-state index contributed by atoms with van der Waals surface area (Å²) in [6.45, 7) is 5.61. The lowest BCUT2D eigenvalue weighted by Gasteiger charge is -2.31. The van der Waals surface area contributed by atoms with E-state index in [1.165, 1.54) is 0 Å². The number of hydrogen-bond acceptors (Lipinski definition) is 5. The SMILES string of the molecule is Cc1csc(C2CCCN(C(=O)c3ccn(C4CCCNC4)n3)C2)n1.Cl. The molecular weight excluding hydrogens is 370 g/mol. The molecule has 0 radical (unpaired) electrons. The minimum Gasteiger partial charge on any atom is -0.337 e. The van der Waals surface area contributed by atoms with Gasteiger partial charge in [-0.25, -0.2) is 4.98 Å². The summed E-state index contributed by atoms with van der Waals surface area (Å²) in [5.74, 6) is 0.418. The molecule has 0 spiro atoms. The van der Waals surface area contributed by atoms with Crippen LogP contribution < -0.4 is 5.32 Å². The number of carbonyl (C=O) groups excluding carboxylic acids is 1. The maximum absolute atomic E-state index is 12.9. The maximum atomic E-state index is 12.9. The number of amides is 1. The number of rotatable bonds is 3. The van der Waals surface area contributed by atoms with E-state index in [-0.39, 0.29) is 18.3 Å². The second kappa shape index (κ2) is 8.50. The Morgan fingerprint density at radius 1 is 1.35 bits per heavy atom. The number of nitrogens with one attached hydrogen (secondary N) is 1. The third-order valence-corrected chi connectivity index (χ3v) is 6.29. The summed E-state index contributed by atoms with van der Waals surface area (Å²) in [4.78, 5) is 19.5. The van der Waals surface area contributed by atoms with E-state index in [4.69, 9.17) is 0 Å². The second-order valence-corrected chi connectivity index (χ2v) is 7.99. The largest absolute Gasteiger partial charge is 0.337 e. The Morgan fingerprint density at radius 2 is 2.23 bits per heavy atom. The van der Waals surface area contributed by atoms with Crippen molar-refractivity contribution in [1.29, 1.82) is 0 Å². The van der Waals surface area contributed by atoms with Gasteiger partial charge in [0, 0.05) is 42.8 Å². The minimum absolute atomic E-state index is 0. The van der Waals surface area contributed by atoms with Crippen LogP contribution in [0.1, 0.15) is 58.8 Å². The van der Waals surface area contributed by atoms with Crippen molar-refractivity contribution < 1.29 is 4.79 Å². The first-order valence-electron chi connectivity index (χ1n) is 9.18. The molecule has 2 fully saturated rings. The molecule has 8 heteroatoms. The fourth-order valence-corrected chi connectivity index (χ4v) is 4.73.